The zero-order valence-electron chi connectivity index (χ0n) is 8.58. The third-order valence-corrected chi connectivity index (χ3v) is 3.35. The van der Waals surface area contributed by atoms with Crippen molar-refractivity contribution in [2.75, 3.05) is 13.6 Å². The van der Waals surface area contributed by atoms with Crippen LogP contribution in [-0.2, 0) is 4.84 Å². The average molecular weight is 185 g/mol. The van der Waals surface area contributed by atoms with Crippen molar-refractivity contribution < 1.29 is 4.84 Å². The van der Waals surface area contributed by atoms with Gasteiger partial charge in [0.05, 0.1) is 6.10 Å². The van der Waals surface area contributed by atoms with E-state index in [9.17, 15) is 0 Å². The monoisotopic (exact) mass is 185 g/mol. The molecule has 0 aromatic heterocycles. The van der Waals surface area contributed by atoms with Crippen molar-refractivity contribution in [3.8, 4) is 0 Å². The molecule has 2 heterocycles. The standard InChI is InChI=1S/C9H19N3O/c1-6-9(7(2)12(3)11-6)8-4-5-10-13-8/h6-11H,4-5H2,1-3H3. The number of rotatable bonds is 1. The summed E-state index contributed by atoms with van der Waals surface area (Å²) in [6.07, 6.45) is 1.51. The van der Waals surface area contributed by atoms with E-state index < -0.39 is 0 Å². The molecular formula is C9H19N3O. The van der Waals surface area contributed by atoms with Gasteiger partial charge in [-0.2, -0.15) is 0 Å². The van der Waals surface area contributed by atoms with E-state index in [4.69, 9.17) is 4.84 Å². The number of hydrogen-bond acceptors (Lipinski definition) is 4. The second-order valence-electron chi connectivity index (χ2n) is 4.19. The minimum Gasteiger partial charge on any atom is -0.298 e. The molecule has 76 valence electrons. The summed E-state index contributed by atoms with van der Waals surface area (Å²) in [5, 5.41) is 2.19. The molecular weight excluding hydrogens is 166 g/mol. The zero-order chi connectivity index (χ0) is 9.42. The van der Waals surface area contributed by atoms with E-state index in [0.29, 0.717) is 24.1 Å². The summed E-state index contributed by atoms with van der Waals surface area (Å²) in [6.45, 7) is 5.47. The molecule has 0 aromatic carbocycles. The Labute approximate surface area is 79.5 Å². The fourth-order valence-electron chi connectivity index (χ4n) is 2.53. The maximum Gasteiger partial charge on any atom is 0.0862 e. The Bertz CT molecular complexity index is 182. The molecule has 2 fully saturated rings. The van der Waals surface area contributed by atoms with Gasteiger partial charge in [-0.05, 0) is 20.3 Å². The molecule has 2 rings (SSSR count). The topological polar surface area (TPSA) is 36.5 Å². The molecule has 4 unspecified atom stereocenters. The van der Waals surface area contributed by atoms with E-state index in [1.54, 1.807) is 0 Å². The van der Waals surface area contributed by atoms with Gasteiger partial charge in [0.15, 0.2) is 0 Å². The van der Waals surface area contributed by atoms with Crippen molar-refractivity contribution in [2.45, 2.75) is 38.5 Å². The Hall–Kier alpha value is -0.160. The van der Waals surface area contributed by atoms with Crippen LogP contribution in [0.2, 0.25) is 0 Å². The van der Waals surface area contributed by atoms with Crippen LogP contribution in [0.4, 0.5) is 0 Å². The number of hydrazine groups is 1. The normalized spacial score (nSPS) is 47.3. The highest BCUT2D eigenvalue weighted by molar-refractivity contribution is 4.92. The van der Waals surface area contributed by atoms with Crippen LogP contribution in [0.1, 0.15) is 20.3 Å². The highest BCUT2D eigenvalue weighted by Crippen LogP contribution is 2.28. The molecule has 2 aliphatic rings. The molecule has 13 heavy (non-hydrogen) atoms. The smallest absolute Gasteiger partial charge is 0.0862 e. The first kappa shape index (κ1) is 9.40. The van der Waals surface area contributed by atoms with Crippen LogP contribution in [-0.4, -0.2) is 36.8 Å². The fourth-order valence-corrected chi connectivity index (χ4v) is 2.53. The lowest BCUT2D eigenvalue weighted by molar-refractivity contribution is -0.00879. The lowest BCUT2D eigenvalue weighted by Crippen LogP contribution is -2.35. The van der Waals surface area contributed by atoms with Gasteiger partial charge in [-0.15, -0.1) is 0 Å². The molecule has 0 spiro atoms. The number of nitrogens with one attached hydrogen (secondary N) is 2. The third-order valence-electron chi connectivity index (χ3n) is 3.35. The quantitative estimate of drug-likeness (QED) is 0.608. The summed E-state index contributed by atoms with van der Waals surface area (Å²) >= 11 is 0. The summed E-state index contributed by atoms with van der Waals surface area (Å²) in [4.78, 5) is 5.51. The first-order valence-electron chi connectivity index (χ1n) is 5.07. The van der Waals surface area contributed by atoms with Gasteiger partial charge in [0.25, 0.3) is 0 Å². The van der Waals surface area contributed by atoms with Gasteiger partial charge in [0, 0.05) is 31.6 Å². The van der Waals surface area contributed by atoms with E-state index in [2.05, 4.69) is 36.8 Å². The number of hydroxylamine groups is 1. The van der Waals surface area contributed by atoms with Crippen molar-refractivity contribution in [1.29, 1.82) is 0 Å². The van der Waals surface area contributed by atoms with Gasteiger partial charge in [0.2, 0.25) is 0 Å². The van der Waals surface area contributed by atoms with Crippen molar-refractivity contribution >= 4 is 0 Å². The Morgan fingerprint density at radius 1 is 1.38 bits per heavy atom. The Balaban J connectivity index is 2.04. The van der Waals surface area contributed by atoms with Gasteiger partial charge in [0.1, 0.15) is 0 Å². The number of nitrogens with zero attached hydrogens (tertiary/aromatic N) is 1. The first-order valence-corrected chi connectivity index (χ1v) is 5.07. The average Bonchev–Trinajstić information content (AvgIpc) is 2.63. The van der Waals surface area contributed by atoms with Crippen LogP contribution in [0.25, 0.3) is 0 Å². The second-order valence-corrected chi connectivity index (χ2v) is 4.19. The lowest BCUT2D eigenvalue weighted by Gasteiger charge is -2.24. The summed E-state index contributed by atoms with van der Waals surface area (Å²) in [6, 6.07) is 1.07. The van der Waals surface area contributed by atoms with Crippen molar-refractivity contribution in [3.05, 3.63) is 0 Å². The van der Waals surface area contributed by atoms with Crippen LogP contribution in [0.5, 0.6) is 0 Å². The molecule has 4 nitrogen and oxygen atoms in total. The second kappa shape index (κ2) is 3.53. The highest BCUT2D eigenvalue weighted by Gasteiger charge is 2.41. The van der Waals surface area contributed by atoms with E-state index >= 15 is 0 Å². The van der Waals surface area contributed by atoms with E-state index in [1.165, 1.54) is 0 Å². The summed E-state index contributed by atoms with van der Waals surface area (Å²) in [5.41, 5.74) is 6.38. The zero-order valence-corrected chi connectivity index (χ0v) is 8.58. The molecule has 2 N–H and O–H groups in total. The van der Waals surface area contributed by atoms with Crippen LogP contribution in [0.3, 0.4) is 0 Å². The minimum atomic E-state index is 0.377. The molecule has 4 atom stereocenters. The van der Waals surface area contributed by atoms with Crippen LogP contribution in [0.15, 0.2) is 0 Å². The predicted octanol–water partition coefficient (Wildman–Crippen LogP) is 0.123. The maximum absolute atomic E-state index is 5.51. The van der Waals surface area contributed by atoms with E-state index in [0.717, 1.165) is 13.0 Å². The molecule has 0 aromatic rings. The molecule has 0 radical (unpaired) electrons. The summed E-state index contributed by atoms with van der Waals surface area (Å²) in [7, 11) is 2.10. The molecule has 0 amide bonds. The maximum atomic E-state index is 5.51. The highest BCUT2D eigenvalue weighted by atomic mass is 16.7. The van der Waals surface area contributed by atoms with Gasteiger partial charge >= 0.3 is 0 Å². The van der Waals surface area contributed by atoms with Gasteiger partial charge in [-0.3, -0.25) is 10.3 Å². The van der Waals surface area contributed by atoms with Crippen molar-refractivity contribution in [3.63, 3.8) is 0 Å². The predicted molar refractivity (Wildman–Crippen MR) is 50.8 cm³/mol. The lowest BCUT2D eigenvalue weighted by atomic mass is 9.89. The Kier molecular flexibility index (Phi) is 2.55. The number of hydrogen-bond donors (Lipinski definition) is 2. The Morgan fingerprint density at radius 3 is 2.62 bits per heavy atom. The van der Waals surface area contributed by atoms with E-state index in [1.807, 2.05) is 0 Å². The molecule has 4 heteroatoms. The van der Waals surface area contributed by atoms with Crippen LogP contribution >= 0.6 is 0 Å². The van der Waals surface area contributed by atoms with E-state index in [-0.39, 0.29) is 0 Å². The molecule has 0 saturated carbocycles. The molecule has 2 aliphatic heterocycles. The Morgan fingerprint density at radius 2 is 2.15 bits per heavy atom. The van der Waals surface area contributed by atoms with Crippen LogP contribution < -0.4 is 10.9 Å². The van der Waals surface area contributed by atoms with Crippen molar-refractivity contribution in [2.24, 2.45) is 5.92 Å². The van der Waals surface area contributed by atoms with Gasteiger partial charge in [-0.25, -0.2) is 10.5 Å². The molecule has 2 saturated heterocycles. The van der Waals surface area contributed by atoms with Crippen LogP contribution in [0, 0.1) is 5.92 Å². The molecule has 0 bridgehead atoms. The summed E-state index contributed by atoms with van der Waals surface area (Å²) in [5.74, 6) is 0.597. The first-order chi connectivity index (χ1) is 6.20. The molecule has 0 aliphatic carbocycles. The fraction of sp³-hybridized carbons (Fsp3) is 1.00. The van der Waals surface area contributed by atoms with Crippen molar-refractivity contribution in [1.82, 2.24) is 15.9 Å². The largest absolute Gasteiger partial charge is 0.298 e. The van der Waals surface area contributed by atoms with Gasteiger partial charge < -0.3 is 0 Å². The SMILES string of the molecule is CC1NN(C)C(C)C1C1CCNO1. The van der Waals surface area contributed by atoms with Gasteiger partial charge in [-0.1, -0.05) is 0 Å². The minimum absolute atomic E-state index is 0.377. The summed E-state index contributed by atoms with van der Waals surface area (Å²) < 4.78 is 0. The third kappa shape index (κ3) is 1.59.